The van der Waals surface area contributed by atoms with Crippen LogP contribution in [0.1, 0.15) is 5.56 Å². The lowest BCUT2D eigenvalue weighted by Gasteiger charge is -2.01. The fraction of sp³-hybridized carbons (Fsp3) is 0.0714. The van der Waals surface area contributed by atoms with Crippen molar-refractivity contribution in [2.75, 3.05) is 5.73 Å². The maximum absolute atomic E-state index is 6.16. The van der Waals surface area contributed by atoms with E-state index in [-0.39, 0.29) is 0 Å². The second-order valence-corrected chi connectivity index (χ2v) is 5.26. The van der Waals surface area contributed by atoms with Crippen molar-refractivity contribution in [1.82, 2.24) is 9.38 Å². The van der Waals surface area contributed by atoms with Crippen LogP contribution in [0.25, 0.3) is 16.9 Å². The summed E-state index contributed by atoms with van der Waals surface area (Å²) in [4.78, 5) is 4.59. The van der Waals surface area contributed by atoms with E-state index in [0.29, 0.717) is 15.9 Å². The van der Waals surface area contributed by atoms with Gasteiger partial charge in [-0.25, -0.2) is 4.98 Å². The molecule has 0 saturated heterocycles. The molecule has 19 heavy (non-hydrogen) atoms. The van der Waals surface area contributed by atoms with E-state index in [0.717, 1.165) is 22.5 Å². The summed E-state index contributed by atoms with van der Waals surface area (Å²) in [5.74, 6) is 0.572. The zero-order valence-corrected chi connectivity index (χ0v) is 11.7. The van der Waals surface area contributed by atoms with Crippen LogP contribution in [0, 0.1) is 6.92 Å². The first-order valence-electron chi connectivity index (χ1n) is 5.76. The first kappa shape index (κ1) is 12.3. The van der Waals surface area contributed by atoms with Gasteiger partial charge in [-0.15, -0.1) is 0 Å². The van der Waals surface area contributed by atoms with E-state index in [1.165, 1.54) is 0 Å². The molecule has 0 bridgehead atoms. The molecule has 2 aromatic heterocycles. The topological polar surface area (TPSA) is 43.3 Å². The number of fused-ring (bicyclic) bond motifs is 1. The van der Waals surface area contributed by atoms with Gasteiger partial charge in [0.1, 0.15) is 17.2 Å². The molecule has 0 aliphatic carbocycles. The van der Waals surface area contributed by atoms with Crippen molar-refractivity contribution in [2.45, 2.75) is 6.92 Å². The van der Waals surface area contributed by atoms with Crippen molar-refractivity contribution >= 4 is 34.7 Å². The largest absolute Gasteiger partial charge is 0.383 e. The standard InChI is InChI=1S/C14H11Cl2N3/c1-8-6-11(16)7-19-13(17)12(18-14(8)19)9-2-4-10(15)5-3-9/h2-7H,17H2,1H3. The molecule has 3 aromatic rings. The van der Waals surface area contributed by atoms with Gasteiger partial charge in [-0.1, -0.05) is 35.3 Å². The number of pyridine rings is 1. The summed E-state index contributed by atoms with van der Waals surface area (Å²) in [5.41, 5.74) is 9.62. The van der Waals surface area contributed by atoms with Gasteiger partial charge in [-0.2, -0.15) is 0 Å². The zero-order valence-electron chi connectivity index (χ0n) is 10.2. The number of hydrogen-bond acceptors (Lipinski definition) is 2. The Balaban J connectivity index is 2.28. The number of halogens is 2. The zero-order chi connectivity index (χ0) is 13.6. The molecule has 0 spiro atoms. The van der Waals surface area contributed by atoms with E-state index in [2.05, 4.69) is 4.98 Å². The van der Waals surface area contributed by atoms with Crippen molar-refractivity contribution in [3.63, 3.8) is 0 Å². The van der Waals surface area contributed by atoms with Crippen molar-refractivity contribution in [3.05, 3.63) is 52.1 Å². The van der Waals surface area contributed by atoms with E-state index < -0.39 is 0 Å². The van der Waals surface area contributed by atoms with E-state index in [1.807, 2.05) is 41.7 Å². The molecule has 1 aromatic carbocycles. The Kier molecular flexibility index (Phi) is 2.88. The van der Waals surface area contributed by atoms with Crippen LogP contribution in [0.15, 0.2) is 36.5 Å². The fourth-order valence-electron chi connectivity index (χ4n) is 2.11. The molecular formula is C14H11Cl2N3. The molecule has 5 heteroatoms. The van der Waals surface area contributed by atoms with E-state index in [4.69, 9.17) is 28.9 Å². The molecule has 2 N–H and O–H groups in total. The second-order valence-electron chi connectivity index (χ2n) is 4.39. The van der Waals surface area contributed by atoms with Crippen LogP contribution < -0.4 is 5.73 Å². The number of aromatic nitrogens is 2. The number of nitrogens with two attached hydrogens (primary N) is 1. The normalized spacial score (nSPS) is 11.1. The Hall–Kier alpha value is -1.71. The minimum Gasteiger partial charge on any atom is -0.383 e. The molecule has 0 radical (unpaired) electrons. The van der Waals surface area contributed by atoms with Gasteiger partial charge < -0.3 is 5.73 Å². The molecule has 0 aliphatic heterocycles. The van der Waals surface area contributed by atoms with Crippen molar-refractivity contribution in [2.24, 2.45) is 0 Å². The Morgan fingerprint density at radius 3 is 2.47 bits per heavy atom. The van der Waals surface area contributed by atoms with Crippen LogP contribution in [0.3, 0.4) is 0 Å². The SMILES string of the molecule is Cc1cc(Cl)cn2c(N)c(-c3ccc(Cl)cc3)nc12. The first-order chi connectivity index (χ1) is 9.06. The molecule has 3 rings (SSSR count). The fourth-order valence-corrected chi connectivity index (χ4v) is 2.49. The van der Waals surface area contributed by atoms with Crippen LogP contribution in [0.2, 0.25) is 10.0 Å². The van der Waals surface area contributed by atoms with Crippen molar-refractivity contribution in [1.29, 1.82) is 0 Å². The molecule has 0 fully saturated rings. The average molecular weight is 292 g/mol. The van der Waals surface area contributed by atoms with Gasteiger partial charge in [0.2, 0.25) is 0 Å². The number of hydrogen-bond donors (Lipinski definition) is 1. The Morgan fingerprint density at radius 2 is 1.79 bits per heavy atom. The van der Waals surface area contributed by atoms with Crippen LogP contribution in [0.5, 0.6) is 0 Å². The van der Waals surface area contributed by atoms with Gasteiger partial charge in [0, 0.05) is 16.8 Å². The number of aryl methyl sites for hydroxylation is 1. The summed E-state index contributed by atoms with van der Waals surface area (Å²) >= 11 is 11.9. The molecule has 0 aliphatic rings. The highest BCUT2D eigenvalue weighted by molar-refractivity contribution is 6.31. The van der Waals surface area contributed by atoms with Crippen LogP contribution >= 0.6 is 23.2 Å². The van der Waals surface area contributed by atoms with Crippen molar-refractivity contribution in [3.8, 4) is 11.3 Å². The van der Waals surface area contributed by atoms with E-state index in [1.54, 1.807) is 6.20 Å². The van der Waals surface area contributed by atoms with Crippen LogP contribution in [-0.2, 0) is 0 Å². The molecule has 0 amide bonds. The van der Waals surface area contributed by atoms with Gasteiger partial charge in [-0.05, 0) is 30.7 Å². The smallest absolute Gasteiger partial charge is 0.142 e. The summed E-state index contributed by atoms with van der Waals surface area (Å²) in [6, 6.07) is 9.31. The van der Waals surface area contributed by atoms with Gasteiger partial charge in [0.25, 0.3) is 0 Å². The third kappa shape index (κ3) is 2.05. The van der Waals surface area contributed by atoms with Crippen molar-refractivity contribution < 1.29 is 0 Å². The highest BCUT2D eigenvalue weighted by Crippen LogP contribution is 2.29. The first-order valence-corrected chi connectivity index (χ1v) is 6.51. The Morgan fingerprint density at radius 1 is 1.11 bits per heavy atom. The van der Waals surface area contributed by atoms with Crippen LogP contribution in [0.4, 0.5) is 5.82 Å². The predicted octanol–water partition coefficient (Wildman–Crippen LogP) is 4.20. The summed E-state index contributed by atoms with van der Waals surface area (Å²) in [6.07, 6.45) is 1.77. The number of anilines is 1. The third-order valence-corrected chi connectivity index (χ3v) is 3.48. The number of rotatable bonds is 1. The number of imidazole rings is 1. The molecular weight excluding hydrogens is 281 g/mol. The minimum absolute atomic E-state index is 0.572. The third-order valence-electron chi connectivity index (χ3n) is 3.03. The molecule has 0 saturated carbocycles. The lowest BCUT2D eigenvalue weighted by atomic mass is 10.1. The van der Waals surface area contributed by atoms with Gasteiger partial charge in [0.05, 0.1) is 5.02 Å². The number of nitrogen functional groups attached to an aromatic ring is 1. The highest BCUT2D eigenvalue weighted by Gasteiger charge is 2.13. The molecule has 0 atom stereocenters. The highest BCUT2D eigenvalue weighted by atomic mass is 35.5. The maximum Gasteiger partial charge on any atom is 0.142 e. The summed E-state index contributed by atoms with van der Waals surface area (Å²) in [7, 11) is 0. The molecule has 0 unspecified atom stereocenters. The summed E-state index contributed by atoms with van der Waals surface area (Å²) < 4.78 is 1.81. The van der Waals surface area contributed by atoms with Gasteiger partial charge in [-0.3, -0.25) is 4.40 Å². The Labute approximate surface area is 120 Å². The summed E-state index contributed by atoms with van der Waals surface area (Å²) in [6.45, 7) is 1.96. The second kappa shape index (κ2) is 4.44. The summed E-state index contributed by atoms with van der Waals surface area (Å²) in [5, 5.41) is 1.32. The van der Waals surface area contributed by atoms with E-state index >= 15 is 0 Å². The molecule has 96 valence electrons. The van der Waals surface area contributed by atoms with Crippen LogP contribution in [-0.4, -0.2) is 9.38 Å². The lowest BCUT2D eigenvalue weighted by Crippen LogP contribution is -1.95. The average Bonchev–Trinajstić information content (AvgIpc) is 2.69. The quantitative estimate of drug-likeness (QED) is 0.730. The minimum atomic E-state index is 0.572. The maximum atomic E-state index is 6.16. The molecule has 2 heterocycles. The van der Waals surface area contributed by atoms with E-state index in [9.17, 15) is 0 Å². The number of nitrogens with zero attached hydrogens (tertiary/aromatic N) is 2. The molecule has 3 nitrogen and oxygen atoms in total. The monoisotopic (exact) mass is 291 g/mol. The van der Waals surface area contributed by atoms with Gasteiger partial charge in [0.15, 0.2) is 0 Å². The number of benzene rings is 1. The van der Waals surface area contributed by atoms with Gasteiger partial charge >= 0.3 is 0 Å². The lowest BCUT2D eigenvalue weighted by molar-refractivity contribution is 1.17. The Bertz CT molecular complexity index is 760. The predicted molar refractivity (Wildman–Crippen MR) is 79.8 cm³/mol.